The second-order valence-corrected chi connectivity index (χ2v) is 4.46. The summed E-state index contributed by atoms with van der Waals surface area (Å²) in [5.74, 6) is 0. The van der Waals surface area contributed by atoms with E-state index in [4.69, 9.17) is 11.6 Å². The minimum absolute atomic E-state index is 0.551. The van der Waals surface area contributed by atoms with Gasteiger partial charge in [-0.25, -0.2) is 4.98 Å². The van der Waals surface area contributed by atoms with Gasteiger partial charge >= 0.3 is 0 Å². The normalized spacial score (nSPS) is 11.0. The summed E-state index contributed by atoms with van der Waals surface area (Å²) in [4.78, 5) is 4.07. The zero-order valence-corrected chi connectivity index (χ0v) is 9.27. The Labute approximate surface area is 95.7 Å². The lowest BCUT2D eigenvalue weighted by molar-refractivity contribution is 1.33. The molecular weight excluding hydrogens is 228 g/mol. The highest BCUT2D eigenvalue weighted by Gasteiger charge is 2.05. The van der Waals surface area contributed by atoms with Crippen molar-refractivity contribution < 1.29 is 0 Å². The monoisotopic (exact) mass is 234 g/mol. The van der Waals surface area contributed by atoms with Gasteiger partial charge in [-0.1, -0.05) is 29.2 Å². The van der Waals surface area contributed by atoms with Crippen LogP contribution in [0, 0.1) is 0 Å². The Hall–Kier alpha value is -1.32. The molecule has 2 heterocycles. The lowest BCUT2D eigenvalue weighted by Gasteiger charge is -2.06. The molecule has 0 amide bonds. The van der Waals surface area contributed by atoms with Crippen molar-refractivity contribution in [3.05, 3.63) is 41.7 Å². The van der Waals surface area contributed by atoms with Gasteiger partial charge in [-0.3, -0.25) is 0 Å². The third-order valence-electron chi connectivity index (χ3n) is 2.32. The van der Waals surface area contributed by atoms with Gasteiger partial charge in [-0.2, -0.15) is 0 Å². The Bertz CT molecular complexity index is 612. The lowest BCUT2D eigenvalue weighted by Crippen LogP contribution is -1.84. The Balaban J connectivity index is 2.19. The van der Waals surface area contributed by atoms with Crippen LogP contribution >= 0.6 is 23.1 Å². The van der Waals surface area contributed by atoms with Crippen molar-refractivity contribution in [3.63, 3.8) is 0 Å². The first-order valence-corrected chi connectivity index (χ1v) is 5.72. The van der Waals surface area contributed by atoms with Crippen LogP contribution in [0.3, 0.4) is 0 Å². The number of nitrogens with zero attached hydrogens (tertiary/aromatic N) is 1. The highest BCUT2D eigenvalue weighted by Crippen LogP contribution is 2.30. The molecule has 3 rings (SSSR count). The van der Waals surface area contributed by atoms with Crippen LogP contribution in [0.2, 0.25) is 5.15 Å². The van der Waals surface area contributed by atoms with Gasteiger partial charge in [-0.05, 0) is 29.8 Å². The van der Waals surface area contributed by atoms with Crippen molar-refractivity contribution in [1.82, 2.24) is 9.36 Å². The fourth-order valence-corrected chi connectivity index (χ4v) is 2.41. The third kappa shape index (κ3) is 1.44. The molecule has 3 aromatic rings. The van der Waals surface area contributed by atoms with Gasteiger partial charge in [0.25, 0.3) is 0 Å². The topological polar surface area (TPSA) is 28.7 Å². The van der Waals surface area contributed by atoms with Gasteiger partial charge in [0.2, 0.25) is 0 Å². The van der Waals surface area contributed by atoms with Crippen LogP contribution < -0.4 is 0 Å². The Morgan fingerprint density at radius 1 is 1.27 bits per heavy atom. The van der Waals surface area contributed by atoms with E-state index in [0.29, 0.717) is 5.15 Å². The van der Waals surface area contributed by atoms with E-state index in [2.05, 4.69) is 27.6 Å². The maximum atomic E-state index is 6.04. The van der Waals surface area contributed by atoms with Crippen LogP contribution in [0.15, 0.2) is 36.5 Å². The molecule has 0 radical (unpaired) electrons. The molecule has 2 nitrogen and oxygen atoms in total. The molecule has 2 aromatic heterocycles. The van der Waals surface area contributed by atoms with E-state index in [0.717, 1.165) is 11.1 Å². The minimum Gasteiger partial charge on any atom is -0.309 e. The third-order valence-corrected chi connectivity index (χ3v) is 3.50. The Morgan fingerprint density at radius 2 is 2.20 bits per heavy atom. The zero-order chi connectivity index (χ0) is 10.3. The first-order chi connectivity index (χ1) is 7.34. The fraction of sp³-hybridized carbons (Fsp3) is 0. The number of rotatable bonds is 1. The van der Waals surface area contributed by atoms with Crippen molar-refractivity contribution in [1.29, 1.82) is 0 Å². The van der Waals surface area contributed by atoms with Crippen LogP contribution in [-0.4, -0.2) is 9.36 Å². The summed E-state index contributed by atoms with van der Waals surface area (Å²) >= 11 is 7.67. The molecule has 4 heteroatoms. The van der Waals surface area contributed by atoms with Crippen LogP contribution in [0.4, 0.5) is 0 Å². The van der Waals surface area contributed by atoms with Crippen molar-refractivity contribution in [3.8, 4) is 11.1 Å². The van der Waals surface area contributed by atoms with E-state index >= 15 is 0 Å². The second kappa shape index (κ2) is 3.36. The molecule has 0 bridgehead atoms. The van der Waals surface area contributed by atoms with Crippen LogP contribution in [0.5, 0.6) is 0 Å². The number of fused-ring (bicyclic) bond motifs is 1. The summed E-state index contributed by atoms with van der Waals surface area (Å²) in [5.41, 5.74) is 3.28. The molecule has 0 spiro atoms. The maximum absolute atomic E-state index is 6.04. The zero-order valence-electron chi connectivity index (χ0n) is 7.70. The van der Waals surface area contributed by atoms with E-state index in [1.807, 2.05) is 12.1 Å². The lowest BCUT2D eigenvalue weighted by atomic mass is 10.1. The average molecular weight is 235 g/mol. The van der Waals surface area contributed by atoms with Crippen LogP contribution in [0.1, 0.15) is 0 Å². The number of hydrogen-bond acceptors (Lipinski definition) is 2. The summed E-state index contributed by atoms with van der Waals surface area (Å²) < 4.78 is 4.41. The number of nitrogens with one attached hydrogen (secondary N) is 1. The molecule has 0 saturated carbocycles. The Kier molecular flexibility index (Phi) is 2.01. The van der Waals surface area contributed by atoms with Crippen LogP contribution in [0.25, 0.3) is 21.3 Å². The number of halogens is 1. The summed E-state index contributed by atoms with van der Waals surface area (Å²) in [6.07, 6.45) is 1.70. The summed E-state index contributed by atoms with van der Waals surface area (Å²) in [7, 11) is 0. The van der Waals surface area contributed by atoms with E-state index in [-0.39, 0.29) is 0 Å². The van der Waals surface area contributed by atoms with Crippen LogP contribution in [-0.2, 0) is 0 Å². The first-order valence-electron chi connectivity index (χ1n) is 4.52. The number of aromatic nitrogens is 2. The van der Waals surface area contributed by atoms with Crippen molar-refractivity contribution in [2.45, 2.75) is 0 Å². The maximum Gasteiger partial charge on any atom is 0.136 e. The summed E-state index contributed by atoms with van der Waals surface area (Å²) in [6, 6.07) is 10.1. The molecule has 0 aliphatic rings. The number of pyridine rings is 1. The summed E-state index contributed by atoms with van der Waals surface area (Å²) in [6.45, 7) is 0. The van der Waals surface area contributed by atoms with E-state index in [1.54, 1.807) is 17.7 Å². The molecule has 0 aliphatic carbocycles. The quantitative estimate of drug-likeness (QED) is 0.635. The smallest absolute Gasteiger partial charge is 0.136 e. The molecule has 74 valence electrons. The number of H-pyrrole nitrogens is 1. The number of benzene rings is 1. The minimum atomic E-state index is 0.551. The van der Waals surface area contributed by atoms with Crippen molar-refractivity contribution in [2.75, 3.05) is 0 Å². The van der Waals surface area contributed by atoms with Gasteiger partial charge in [0.15, 0.2) is 0 Å². The average Bonchev–Trinajstić information content (AvgIpc) is 2.21. The Morgan fingerprint density at radius 3 is 2.87 bits per heavy atom. The molecule has 1 N–H and O–H groups in total. The second-order valence-electron chi connectivity index (χ2n) is 3.26. The van der Waals surface area contributed by atoms with Gasteiger partial charge in [0.05, 0.1) is 10.2 Å². The predicted molar refractivity (Wildman–Crippen MR) is 64.4 cm³/mol. The van der Waals surface area contributed by atoms with Gasteiger partial charge in [0.1, 0.15) is 5.15 Å². The number of aromatic amines is 1. The molecular formula is C11H7ClN2S. The molecule has 0 fully saturated rings. The van der Waals surface area contributed by atoms with Crippen molar-refractivity contribution >= 4 is 33.4 Å². The van der Waals surface area contributed by atoms with E-state index < -0.39 is 0 Å². The molecule has 0 saturated heterocycles. The van der Waals surface area contributed by atoms with E-state index in [1.165, 1.54) is 10.2 Å². The van der Waals surface area contributed by atoms with Gasteiger partial charge in [0, 0.05) is 11.8 Å². The molecule has 0 unspecified atom stereocenters. The molecule has 1 aromatic carbocycles. The standard InChI is InChI=1S/C11H7ClN2S/c12-11-8(2-1-5-13-11)7-3-4-9-10(6-7)15-14-9/h1-6,14H. The molecule has 15 heavy (non-hydrogen) atoms. The predicted octanol–water partition coefficient (Wildman–Crippen LogP) is 3.94. The first kappa shape index (κ1) is 8.95. The largest absolute Gasteiger partial charge is 0.309 e. The fourth-order valence-electron chi connectivity index (χ4n) is 1.52. The highest BCUT2D eigenvalue weighted by molar-refractivity contribution is 7.15. The highest BCUT2D eigenvalue weighted by atomic mass is 35.5. The van der Waals surface area contributed by atoms with Gasteiger partial charge < -0.3 is 4.37 Å². The van der Waals surface area contributed by atoms with Crippen molar-refractivity contribution in [2.24, 2.45) is 0 Å². The molecule has 0 aliphatic heterocycles. The summed E-state index contributed by atoms with van der Waals surface area (Å²) in [5, 5.41) is 0.551. The SMILES string of the molecule is Clc1ncccc1-c1ccc2[nH]sc2c1. The number of hydrogen-bond donors (Lipinski definition) is 1. The van der Waals surface area contributed by atoms with E-state index in [9.17, 15) is 0 Å². The van der Waals surface area contributed by atoms with Gasteiger partial charge in [-0.15, -0.1) is 0 Å². The molecule has 0 atom stereocenters.